The Morgan fingerprint density at radius 2 is 1.70 bits per heavy atom. The molecule has 110 valence electrons. The topological polar surface area (TPSA) is 16.6 Å². The van der Waals surface area contributed by atoms with E-state index in [2.05, 4.69) is 55.2 Å². The molecule has 1 heteroatoms. The predicted octanol–water partition coefficient (Wildman–Crippen LogP) is 4.37. The zero-order valence-corrected chi connectivity index (χ0v) is 13.0. The molecule has 0 unspecified atom stereocenters. The van der Waals surface area contributed by atoms with Crippen molar-refractivity contribution < 1.29 is 5.32 Å². The number of quaternary nitrogens is 1. The van der Waals surface area contributed by atoms with Crippen molar-refractivity contribution in [2.45, 2.75) is 69.9 Å². The van der Waals surface area contributed by atoms with E-state index in [1.165, 1.54) is 50.5 Å². The molecule has 1 saturated carbocycles. The van der Waals surface area contributed by atoms with Crippen molar-refractivity contribution >= 4 is 0 Å². The van der Waals surface area contributed by atoms with Gasteiger partial charge in [0.1, 0.15) is 11.6 Å². The van der Waals surface area contributed by atoms with Crippen LogP contribution < -0.4 is 5.32 Å². The number of nitrogens with two attached hydrogens (primary N) is 1. The monoisotopic (exact) mass is 272 g/mol. The molecule has 20 heavy (non-hydrogen) atoms. The van der Waals surface area contributed by atoms with Crippen molar-refractivity contribution in [1.29, 1.82) is 0 Å². The molecule has 2 rings (SSSR count). The van der Waals surface area contributed by atoms with Gasteiger partial charge in [0.25, 0.3) is 0 Å². The fourth-order valence-electron chi connectivity index (χ4n) is 3.72. The molecule has 1 aliphatic carbocycles. The molecular weight excluding hydrogens is 242 g/mol. The average Bonchev–Trinajstić information content (AvgIpc) is 2.44. The smallest absolute Gasteiger partial charge is 0.109 e. The fourth-order valence-corrected chi connectivity index (χ4v) is 3.72. The Balaban J connectivity index is 2.08. The Morgan fingerprint density at radius 1 is 1.10 bits per heavy atom. The van der Waals surface area contributed by atoms with Crippen LogP contribution in [-0.4, -0.2) is 5.54 Å². The van der Waals surface area contributed by atoms with Gasteiger partial charge in [-0.3, -0.25) is 0 Å². The first kappa shape index (κ1) is 15.3. The van der Waals surface area contributed by atoms with Crippen molar-refractivity contribution in [2.75, 3.05) is 0 Å². The lowest BCUT2D eigenvalue weighted by Gasteiger charge is -2.35. The normalized spacial score (nSPS) is 20.6. The molecule has 0 aliphatic heterocycles. The van der Waals surface area contributed by atoms with E-state index in [4.69, 9.17) is 0 Å². The molecule has 0 saturated heterocycles. The van der Waals surface area contributed by atoms with E-state index in [1.807, 2.05) is 0 Å². The van der Waals surface area contributed by atoms with Crippen molar-refractivity contribution in [3.8, 4) is 0 Å². The third kappa shape index (κ3) is 4.21. The highest BCUT2D eigenvalue weighted by Crippen LogP contribution is 2.27. The maximum atomic E-state index is 4.01. The van der Waals surface area contributed by atoms with Crippen molar-refractivity contribution in [2.24, 2.45) is 0 Å². The summed E-state index contributed by atoms with van der Waals surface area (Å²) in [5.41, 5.74) is 1.83. The van der Waals surface area contributed by atoms with E-state index in [9.17, 15) is 0 Å². The van der Waals surface area contributed by atoms with Gasteiger partial charge in [0.05, 0.1) is 0 Å². The first-order valence-corrected chi connectivity index (χ1v) is 8.28. The van der Waals surface area contributed by atoms with Crippen molar-refractivity contribution in [1.82, 2.24) is 0 Å². The van der Waals surface area contributed by atoms with E-state index < -0.39 is 0 Å². The Morgan fingerprint density at radius 3 is 2.30 bits per heavy atom. The van der Waals surface area contributed by atoms with Crippen molar-refractivity contribution in [3.05, 3.63) is 48.6 Å². The summed E-state index contributed by atoms with van der Waals surface area (Å²) in [7, 11) is 0. The minimum atomic E-state index is 0.386. The van der Waals surface area contributed by atoms with Crippen LogP contribution in [0.15, 0.2) is 43.0 Å². The van der Waals surface area contributed by atoms with Gasteiger partial charge in [0.2, 0.25) is 0 Å². The number of hydrogen-bond acceptors (Lipinski definition) is 0. The molecule has 0 radical (unpaired) electrons. The molecular formula is C19H30N+. The van der Waals surface area contributed by atoms with E-state index >= 15 is 0 Å². The molecule has 0 heterocycles. The lowest BCUT2D eigenvalue weighted by Crippen LogP contribution is -2.97. The molecule has 0 spiro atoms. The molecule has 0 amide bonds. The third-order valence-electron chi connectivity index (χ3n) is 4.83. The average molecular weight is 272 g/mol. The highest BCUT2D eigenvalue weighted by molar-refractivity contribution is 5.16. The molecule has 1 aromatic carbocycles. The maximum Gasteiger partial charge on any atom is 0.109 e. The molecule has 1 atom stereocenters. The summed E-state index contributed by atoms with van der Waals surface area (Å²) in [6, 6.07) is 11.5. The number of rotatable bonds is 5. The van der Waals surface area contributed by atoms with E-state index in [1.54, 1.807) is 0 Å². The van der Waals surface area contributed by atoms with Gasteiger partial charge in [-0.05, 0) is 19.8 Å². The first-order chi connectivity index (χ1) is 9.76. The van der Waals surface area contributed by atoms with Crippen LogP contribution in [0.3, 0.4) is 0 Å². The fraction of sp³-hybridized carbons (Fsp3) is 0.579. The summed E-state index contributed by atoms with van der Waals surface area (Å²) in [5.74, 6) is 0. The Hall–Kier alpha value is -1.08. The second-order valence-corrected chi connectivity index (χ2v) is 6.49. The highest BCUT2D eigenvalue weighted by Gasteiger charge is 2.34. The summed E-state index contributed by atoms with van der Waals surface area (Å²) in [6.07, 6.45) is 13.0. The van der Waals surface area contributed by atoms with E-state index in [-0.39, 0.29) is 0 Å². The van der Waals surface area contributed by atoms with Crippen LogP contribution in [0.5, 0.6) is 0 Å². The largest absolute Gasteiger partial charge is 0.335 e. The quantitative estimate of drug-likeness (QED) is 0.767. The van der Waals surface area contributed by atoms with Crippen LogP contribution in [0.2, 0.25) is 0 Å². The van der Waals surface area contributed by atoms with Crippen LogP contribution in [0.4, 0.5) is 0 Å². The predicted molar refractivity (Wildman–Crippen MR) is 86.6 cm³/mol. The first-order valence-electron chi connectivity index (χ1n) is 8.28. The number of benzene rings is 1. The van der Waals surface area contributed by atoms with Crippen molar-refractivity contribution in [3.63, 3.8) is 0 Å². The van der Waals surface area contributed by atoms with Gasteiger partial charge in [-0.1, -0.05) is 55.7 Å². The Bertz CT molecular complexity index is 387. The van der Waals surface area contributed by atoms with Gasteiger partial charge in [-0.15, -0.1) is 6.58 Å². The van der Waals surface area contributed by atoms with Gasteiger partial charge in [-0.25, -0.2) is 0 Å². The lowest BCUT2D eigenvalue weighted by atomic mass is 9.80. The van der Waals surface area contributed by atoms with Gasteiger partial charge in [0.15, 0.2) is 0 Å². The zero-order valence-electron chi connectivity index (χ0n) is 13.0. The summed E-state index contributed by atoms with van der Waals surface area (Å²) >= 11 is 0. The van der Waals surface area contributed by atoms with Crippen LogP contribution in [0.25, 0.3) is 0 Å². The van der Waals surface area contributed by atoms with Gasteiger partial charge >= 0.3 is 0 Å². The lowest BCUT2D eigenvalue weighted by molar-refractivity contribution is -0.762. The number of hydrogen-bond donors (Lipinski definition) is 1. The standard InChI is InChI=1S/C19H29N/c1-3-14-19(15-10-5-4-6-11-16-19)20-17(2)18-12-8-7-9-13-18/h3,7-9,12-13,17,20H,1,4-6,10-11,14-16H2,2H3/p+1/t17-/m1/s1. The molecule has 1 aromatic rings. The SMILES string of the molecule is C=CCC1([NH2+][C@H](C)c2ccccc2)CCCCCCC1. The molecule has 2 N–H and O–H groups in total. The van der Waals surface area contributed by atoms with Crippen LogP contribution in [0.1, 0.15) is 69.9 Å². The van der Waals surface area contributed by atoms with Gasteiger partial charge in [0, 0.05) is 24.8 Å². The minimum absolute atomic E-state index is 0.386. The summed E-state index contributed by atoms with van der Waals surface area (Å²) in [5, 5.41) is 2.63. The third-order valence-corrected chi connectivity index (χ3v) is 4.83. The van der Waals surface area contributed by atoms with Crippen LogP contribution in [0, 0.1) is 0 Å². The summed E-state index contributed by atoms with van der Waals surface area (Å²) < 4.78 is 0. The van der Waals surface area contributed by atoms with Gasteiger partial charge in [-0.2, -0.15) is 0 Å². The molecule has 0 aromatic heterocycles. The van der Waals surface area contributed by atoms with Crippen LogP contribution in [-0.2, 0) is 0 Å². The van der Waals surface area contributed by atoms with E-state index in [0.717, 1.165) is 6.42 Å². The maximum absolute atomic E-state index is 4.01. The molecule has 1 aliphatic rings. The van der Waals surface area contributed by atoms with E-state index in [0.29, 0.717) is 11.6 Å². The van der Waals surface area contributed by atoms with Gasteiger partial charge < -0.3 is 5.32 Å². The highest BCUT2D eigenvalue weighted by atomic mass is 15.0. The zero-order chi connectivity index (χ0) is 14.3. The van der Waals surface area contributed by atoms with Crippen LogP contribution >= 0.6 is 0 Å². The Labute approximate surface area is 124 Å². The molecule has 1 nitrogen and oxygen atoms in total. The second-order valence-electron chi connectivity index (χ2n) is 6.49. The molecule has 1 fully saturated rings. The molecule has 0 bridgehead atoms. The summed E-state index contributed by atoms with van der Waals surface area (Å²) in [4.78, 5) is 0. The second kappa shape index (κ2) is 7.64. The Kier molecular flexibility index (Phi) is 5.85. The minimum Gasteiger partial charge on any atom is -0.335 e. The summed E-state index contributed by atoms with van der Waals surface area (Å²) in [6.45, 7) is 6.36.